The molecule has 0 saturated carbocycles. The van der Waals surface area contributed by atoms with Gasteiger partial charge < -0.3 is 20.9 Å². The van der Waals surface area contributed by atoms with Crippen LogP contribution in [0.3, 0.4) is 0 Å². The lowest BCUT2D eigenvalue weighted by Crippen LogP contribution is -2.50. The van der Waals surface area contributed by atoms with Crippen molar-refractivity contribution in [2.24, 2.45) is 5.73 Å². The monoisotopic (exact) mass is 568 g/mol. The van der Waals surface area contributed by atoms with Crippen LogP contribution < -0.4 is 16.4 Å². The number of carbonyl (C=O) groups excluding carboxylic acids is 1. The van der Waals surface area contributed by atoms with E-state index in [1.165, 1.54) is 29.3 Å². The maximum atomic E-state index is 15.5. The Morgan fingerprint density at radius 1 is 1.21 bits per heavy atom. The lowest BCUT2D eigenvalue weighted by Gasteiger charge is -2.40. The third-order valence-electron chi connectivity index (χ3n) is 6.74. The molecule has 39 heavy (non-hydrogen) atoms. The van der Waals surface area contributed by atoms with Gasteiger partial charge in [0.05, 0.1) is 21.0 Å². The number of nitrogens with two attached hydrogens (primary N) is 1. The quantitative estimate of drug-likeness (QED) is 0.269. The maximum Gasteiger partial charge on any atom is 0.273 e. The predicted octanol–water partition coefficient (Wildman–Crippen LogP) is 4.25. The molecule has 0 unspecified atom stereocenters. The van der Waals surface area contributed by atoms with E-state index in [1.54, 1.807) is 18.5 Å². The molecular formula is C26H29FN8O2S2. The lowest BCUT2D eigenvalue weighted by atomic mass is 9.75. The smallest absolute Gasteiger partial charge is 0.273 e. The van der Waals surface area contributed by atoms with Gasteiger partial charge in [-0.25, -0.2) is 19.3 Å². The van der Waals surface area contributed by atoms with Gasteiger partial charge in [0, 0.05) is 50.2 Å². The molecule has 0 spiro atoms. The number of likely N-dealkylation sites (tertiary alicyclic amines) is 1. The first-order chi connectivity index (χ1) is 18.8. The second-order valence-electron chi connectivity index (χ2n) is 9.49. The summed E-state index contributed by atoms with van der Waals surface area (Å²) in [4.78, 5) is 28.2. The van der Waals surface area contributed by atoms with E-state index in [-0.39, 0.29) is 17.1 Å². The number of nitrogens with zero attached hydrogens (tertiary/aromatic N) is 5. The van der Waals surface area contributed by atoms with Crippen molar-refractivity contribution in [1.29, 1.82) is 0 Å². The van der Waals surface area contributed by atoms with Crippen molar-refractivity contribution in [1.82, 2.24) is 30.3 Å². The van der Waals surface area contributed by atoms with E-state index >= 15 is 4.39 Å². The molecule has 4 aromatic rings. The summed E-state index contributed by atoms with van der Waals surface area (Å²) in [5, 5.41) is 10.9. The number of hydrogen-bond acceptors (Lipinski definition) is 11. The number of thiazole rings is 1. The van der Waals surface area contributed by atoms with Gasteiger partial charge in [-0.05, 0) is 50.5 Å². The average Bonchev–Trinajstić information content (AvgIpc) is 3.57. The van der Waals surface area contributed by atoms with Crippen molar-refractivity contribution in [2.75, 3.05) is 31.6 Å². The fourth-order valence-electron chi connectivity index (χ4n) is 4.49. The SMILES string of the molecule is Cc1ccnc(Nc2ncc(Sc3ccnc(C(=O)NCC4(c5cc(C)on5)CCN(CN)CC4)c3F)s2)c1. The van der Waals surface area contributed by atoms with E-state index in [0.29, 0.717) is 23.4 Å². The molecule has 0 atom stereocenters. The van der Waals surface area contributed by atoms with Crippen LogP contribution in [0.1, 0.15) is 40.3 Å². The Labute approximate surface area is 233 Å². The van der Waals surface area contributed by atoms with E-state index in [1.807, 2.05) is 32.0 Å². The molecule has 5 rings (SSSR count). The molecule has 4 aromatic heterocycles. The zero-order chi connectivity index (χ0) is 27.4. The number of hydrogen-bond donors (Lipinski definition) is 3. The standard InChI is InChI=1S/C26H29FN8O2S2/c1-16-3-7-29-20(11-16)33-25-31-13-21(39-25)38-18-4-8-30-23(22(18)27)24(36)32-14-26(19-12-17(2)37-34-19)5-9-35(15-28)10-6-26/h3-4,7-8,11-13H,5-6,9-10,14-15,28H2,1-2H3,(H,32,36)(H,29,31,33). The van der Waals surface area contributed by atoms with Crippen LogP contribution in [0.2, 0.25) is 0 Å². The highest BCUT2D eigenvalue weighted by molar-refractivity contribution is 8.01. The van der Waals surface area contributed by atoms with Gasteiger partial charge in [0.15, 0.2) is 16.6 Å². The Morgan fingerprint density at radius 2 is 2.00 bits per heavy atom. The predicted molar refractivity (Wildman–Crippen MR) is 148 cm³/mol. The molecule has 0 bridgehead atoms. The largest absolute Gasteiger partial charge is 0.361 e. The number of nitrogens with one attached hydrogen (secondary N) is 2. The van der Waals surface area contributed by atoms with Crippen LogP contribution >= 0.6 is 23.1 Å². The van der Waals surface area contributed by atoms with Gasteiger partial charge in [-0.15, -0.1) is 0 Å². The molecule has 0 aromatic carbocycles. The van der Waals surface area contributed by atoms with E-state index in [9.17, 15) is 4.79 Å². The van der Waals surface area contributed by atoms with Crippen LogP contribution in [0.4, 0.5) is 15.3 Å². The van der Waals surface area contributed by atoms with E-state index < -0.39 is 17.1 Å². The fraction of sp³-hybridized carbons (Fsp3) is 0.346. The summed E-state index contributed by atoms with van der Waals surface area (Å²) in [5.41, 5.74) is 7.00. The molecular weight excluding hydrogens is 539 g/mol. The molecule has 0 radical (unpaired) electrons. The number of aromatic nitrogens is 4. The number of rotatable bonds is 9. The van der Waals surface area contributed by atoms with Gasteiger partial charge >= 0.3 is 0 Å². The number of piperidine rings is 1. The first-order valence-electron chi connectivity index (χ1n) is 12.5. The Balaban J connectivity index is 1.27. The van der Waals surface area contributed by atoms with Crippen molar-refractivity contribution in [3.8, 4) is 0 Å². The number of aryl methyl sites for hydroxylation is 2. The summed E-state index contributed by atoms with van der Waals surface area (Å²) < 4.78 is 21.5. The van der Waals surface area contributed by atoms with Crippen molar-refractivity contribution in [2.45, 2.75) is 41.2 Å². The number of amides is 1. The summed E-state index contributed by atoms with van der Waals surface area (Å²) in [5.74, 6) is 0.133. The highest BCUT2D eigenvalue weighted by Crippen LogP contribution is 2.37. The third-order valence-corrected chi connectivity index (χ3v) is 8.79. The summed E-state index contributed by atoms with van der Waals surface area (Å²) in [6, 6.07) is 7.27. The number of pyridine rings is 2. The molecule has 10 nitrogen and oxygen atoms in total. The van der Waals surface area contributed by atoms with Gasteiger partial charge in [-0.1, -0.05) is 28.3 Å². The molecule has 0 aliphatic carbocycles. The van der Waals surface area contributed by atoms with Gasteiger partial charge in [-0.3, -0.25) is 9.69 Å². The fourth-order valence-corrected chi connectivity index (χ4v) is 6.35. The summed E-state index contributed by atoms with van der Waals surface area (Å²) in [6.45, 7) is 6.11. The zero-order valence-electron chi connectivity index (χ0n) is 21.6. The lowest BCUT2D eigenvalue weighted by molar-refractivity contribution is 0.0909. The maximum absolute atomic E-state index is 15.5. The first-order valence-corrected chi connectivity index (χ1v) is 14.1. The van der Waals surface area contributed by atoms with Crippen LogP contribution in [0.15, 0.2) is 56.5 Å². The van der Waals surface area contributed by atoms with Gasteiger partial charge in [0.25, 0.3) is 5.91 Å². The van der Waals surface area contributed by atoms with E-state index in [0.717, 1.165) is 41.4 Å². The average molecular weight is 569 g/mol. The van der Waals surface area contributed by atoms with Crippen molar-refractivity contribution < 1.29 is 13.7 Å². The van der Waals surface area contributed by atoms with Crippen LogP contribution in [0.5, 0.6) is 0 Å². The summed E-state index contributed by atoms with van der Waals surface area (Å²) in [7, 11) is 0. The Bertz CT molecular complexity index is 1450. The molecule has 5 heterocycles. The molecule has 4 N–H and O–H groups in total. The Morgan fingerprint density at radius 3 is 2.72 bits per heavy atom. The van der Waals surface area contributed by atoms with E-state index in [4.69, 9.17) is 10.3 Å². The first kappa shape index (κ1) is 27.2. The second kappa shape index (κ2) is 11.8. The van der Waals surface area contributed by atoms with Gasteiger partial charge in [0.2, 0.25) is 0 Å². The minimum atomic E-state index is -0.674. The van der Waals surface area contributed by atoms with Crippen LogP contribution in [-0.2, 0) is 5.41 Å². The third kappa shape index (κ3) is 6.27. The van der Waals surface area contributed by atoms with Crippen molar-refractivity contribution in [3.05, 3.63) is 71.4 Å². The van der Waals surface area contributed by atoms with Crippen LogP contribution in [0.25, 0.3) is 0 Å². The molecule has 1 aliphatic rings. The summed E-state index contributed by atoms with van der Waals surface area (Å²) >= 11 is 2.55. The second-order valence-corrected chi connectivity index (χ2v) is 11.9. The Kier molecular flexibility index (Phi) is 8.21. The minimum Gasteiger partial charge on any atom is -0.361 e. The highest BCUT2D eigenvalue weighted by Gasteiger charge is 2.39. The number of anilines is 2. The topological polar surface area (TPSA) is 135 Å². The van der Waals surface area contributed by atoms with Gasteiger partial charge in [0.1, 0.15) is 11.6 Å². The molecule has 1 amide bonds. The minimum absolute atomic E-state index is 0.252. The molecule has 204 valence electrons. The Hall–Kier alpha value is -3.39. The molecule has 1 fully saturated rings. The number of carbonyl (C=O) groups is 1. The van der Waals surface area contributed by atoms with Crippen LogP contribution in [-0.4, -0.2) is 57.2 Å². The van der Waals surface area contributed by atoms with E-state index in [2.05, 4.69) is 35.6 Å². The van der Waals surface area contributed by atoms with Crippen molar-refractivity contribution in [3.63, 3.8) is 0 Å². The highest BCUT2D eigenvalue weighted by atomic mass is 32.2. The number of halogens is 1. The zero-order valence-corrected chi connectivity index (χ0v) is 23.2. The normalized spacial score (nSPS) is 15.3. The van der Waals surface area contributed by atoms with Crippen LogP contribution in [0, 0.1) is 19.7 Å². The molecule has 1 aliphatic heterocycles. The van der Waals surface area contributed by atoms with Crippen molar-refractivity contribution >= 4 is 40.0 Å². The summed E-state index contributed by atoms with van der Waals surface area (Å²) in [6.07, 6.45) is 6.29. The molecule has 13 heteroatoms. The molecule has 1 saturated heterocycles. The van der Waals surface area contributed by atoms with Gasteiger partial charge in [-0.2, -0.15) is 0 Å².